The van der Waals surface area contributed by atoms with Crippen LogP contribution in [-0.2, 0) is 4.74 Å². The van der Waals surface area contributed by atoms with E-state index in [1.165, 1.54) is 0 Å². The minimum absolute atomic E-state index is 0.187. The first kappa shape index (κ1) is 16.9. The summed E-state index contributed by atoms with van der Waals surface area (Å²) >= 11 is 0. The Morgan fingerprint density at radius 1 is 1.37 bits per heavy atom. The van der Waals surface area contributed by atoms with E-state index in [0.717, 1.165) is 32.5 Å². The molecule has 1 unspecified atom stereocenters. The van der Waals surface area contributed by atoms with Crippen molar-refractivity contribution in [3.63, 3.8) is 0 Å². The Morgan fingerprint density at radius 2 is 1.95 bits per heavy atom. The molecule has 0 aromatic rings. The molecule has 19 heavy (non-hydrogen) atoms. The molecule has 1 atom stereocenters. The fourth-order valence-electron chi connectivity index (χ4n) is 2.88. The van der Waals surface area contributed by atoms with Crippen LogP contribution in [0.2, 0.25) is 0 Å². The van der Waals surface area contributed by atoms with Gasteiger partial charge in [0.2, 0.25) is 0 Å². The van der Waals surface area contributed by atoms with Gasteiger partial charge >= 0.3 is 0 Å². The van der Waals surface area contributed by atoms with Crippen LogP contribution in [0.15, 0.2) is 0 Å². The number of ether oxygens (including phenoxy) is 1. The molecule has 1 fully saturated rings. The first-order valence-corrected chi connectivity index (χ1v) is 7.51. The highest BCUT2D eigenvalue weighted by Crippen LogP contribution is 2.25. The van der Waals surface area contributed by atoms with Crippen LogP contribution in [-0.4, -0.2) is 61.5 Å². The normalized spacial score (nSPS) is 21.6. The molecule has 114 valence electrons. The highest BCUT2D eigenvalue weighted by Gasteiger charge is 2.33. The maximum absolute atomic E-state index is 10.5. The molecule has 0 bridgehead atoms. The summed E-state index contributed by atoms with van der Waals surface area (Å²) in [6.07, 6.45) is 1.50. The molecule has 0 saturated carbocycles. The Balaban J connectivity index is 2.47. The molecule has 1 heterocycles. The van der Waals surface area contributed by atoms with E-state index in [1.807, 2.05) is 0 Å². The average molecular weight is 272 g/mol. The van der Waals surface area contributed by atoms with Crippen molar-refractivity contribution in [2.24, 2.45) is 5.41 Å². The number of hydrogen-bond acceptors (Lipinski definition) is 4. The molecule has 4 heteroatoms. The van der Waals surface area contributed by atoms with E-state index in [-0.39, 0.29) is 5.41 Å². The van der Waals surface area contributed by atoms with E-state index in [9.17, 15) is 5.11 Å². The monoisotopic (exact) mass is 272 g/mol. The molecule has 0 amide bonds. The molecule has 4 nitrogen and oxygen atoms in total. The molecule has 2 N–H and O–H groups in total. The van der Waals surface area contributed by atoms with Gasteiger partial charge in [-0.05, 0) is 25.9 Å². The van der Waals surface area contributed by atoms with Crippen LogP contribution in [0.5, 0.6) is 0 Å². The second-order valence-corrected chi connectivity index (χ2v) is 6.78. The van der Waals surface area contributed by atoms with Gasteiger partial charge in [0.15, 0.2) is 0 Å². The van der Waals surface area contributed by atoms with Gasteiger partial charge in [0.05, 0.1) is 5.60 Å². The highest BCUT2D eigenvalue weighted by atomic mass is 16.5. The van der Waals surface area contributed by atoms with Gasteiger partial charge in [-0.15, -0.1) is 0 Å². The van der Waals surface area contributed by atoms with Crippen molar-refractivity contribution in [3.8, 4) is 0 Å². The topological polar surface area (TPSA) is 44.7 Å². The van der Waals surface area contributed by atoms with Crippen LogP contribution in [0.25, 0.3) is 0 Å². The number of nitrogens with one attached hydrogen (secondary N) is 1. The Morgan fingerprint density at radius 3 is 2.47 bits per heavy atom. The molecular weight excluding hydrogens is 240 g/mol. The molecular formula is C15H32N2O2. The van der Waals surface area contributed by atoms with E-state index in [4.69, 9.17) is 4.74 Å². The summed E-state index contributed by atoms with van der Waals surface area (Å²) < 4.78 is 5.33. The second kappa shape index (κ2) is 7.02. The van der Waals surface area contributed by atoms with Gasteiger partial charge < -0.3 is 20.1 Å². The summed E-state index contributed by atoms with van der Waals surface area (Å²) in [4.78, 5) is 2.26. The number of aliphatic hydroxyl groups is 1. The van der Waals surface area contributed by atoms with Gasteiger partial charge in [0.25, 0.3) is 0 Å². The van der Waals surface area contributed by atoms with Crippen molar-refractivity contribution in [2.75, 3.05) is 39.9 Å². The number of nitrogens with zero attached hydrogens (tertiary/aromatic N) is 1. The van der Waals surface area contributed by atoms with Crippen LogP contribution in [0, 0.1) is 5.41 Å². The van der Waals surface area contributed by atoms with Crippen molar-refractivity contribution >= 4 is 0 Å². The molecule has 1 rings (SSSR count). The maximum Gasteiger partial charge on any atom is 0.0817 e. The third kappa shape index (κ3) is 5.38. The number of likely N-dealkylation sites (N-methyl/N-ethyl adjacent to an activating group) is 1. The fraction of sp³-hybridized carbons (Fsp3) is 1.00. The second-order valence-electron chi connectivity index (χ2n) is 6.78. The zero-order chi connectivity index (χ0) is 14.5. The predicted molar refractivity (Wildman–Crippen MR) is 79.4 cm³/mol. The first-order valence-electron chi connectivity index (χ1n) is 7.51. The van der Waals surface area contributed by atoms with Crippen molar-refractivity contribution in [3.05, 3.63) is 0 Å². The van der Waals surface area contributed by atoms with Crippen LogP contribution in [0.3, 0.4) is 0 Å². The molecule has 1 aliphatic rings. The van der Waals surface area contributed by atoms with E-state index < -0.39 is 5.60 Å². The molecule has 0 aliphatic carbocycles. The maximum atomic E-state index is 10.5. The van der Waals surface area contributed by atoms with Gasteiger partial charge in [0, 0.05) is 45.2 Å². The van der Waals surface area contributed by atoms with Crippen LogP contribution < -0.4 is 5.32 Å². The smallest absolute Gasteiger partial charge is 0.0817 e. The highest BCUT2D eigenvalue weighted by molar-refractivity contribution is 4.88. The lowest BCUT2D eigenvalue weighted by atomic mass is 9.84. The van der Waals surface area contributed by atoms with Gasteiger partial charge in [0.1, 0.15) is 0 Å². The Hall–Kier alpha value is -0.160. The summed E-state index contributed by atoms with van der Waals surface area (Å²) in [6, 6.07) is 0.462. The van der Waals surface area contributed by atoms with Crippen LogP contribution >= 0.6 is 0 Å². The summed E-state index contributed by atoms with van der Waals surface area (Å²) in [5.74, 6) is 0. The fourth-order valence-corrected chi connectivity index (χ4v) is 2.88. The molecule has 0 aromatic carbocycles. The third-order valence-corrected chi connectivity index (χ3v) is 4.35. The Bertz CT molecular complexity index is 263. The van der Waals surface area contributed by atoms with Crippen LogP contribution in [0.4, 0.5) is 0 Å². The zero-order valence-electron chi connectivity index (χ0n) is 13.3. The van der Waals surface area contributed by atoms with Gasteiger partial charge in [-0.25, -0.2) is 0 Å². The Labute approximate surface area is 118 Å². The van der Waals surface area contributed by atoms with Crippen molar-refractivity contribution in [1.82, 2.24) is 10.2 Å². The van der Waals surface area contributed by atoms with Gasteiger partial charge in [-0.3, -0.25) is 0 Å². The first-order chi connectivity index (χ1) is 8.79. The van der Waals surface area contributed by atoms with E-state index in [0.29, 0.717) is 19.3 Å². The lowest BCUT2D eigenvalue weighted by molar-refractivity contribution is -0.0802. The van der Waals surface area contributed by atoms with Crippen molar-refractivity contribution in [2.45, 2.75) is 52.2 Å². The minimum atomic E-state index is -0.565. The molecule has 1 aliphatic heterocycles. The molecule has 0 radical (unpaired) electrons. The summed E-state index contributed by atoms with van der Waals surface area (Å²) in [5, 5.41) is 14.0. The van der Waals surface area contributed by atoms with E-state index in [1.54, 1.807) is 0 Å². The van der Waals surface area contributed by atoms with Crippen molar-refractivity contribution < 1.29 is 9.84 Å². The molecule has 0 aromatic heterocycles. The van der Waals surface area contributed by atoms with Crippen molar-refractivity contribution in [1.29, 1.82) is 0 Å². The standard InChI is InChI=1S/C15H32N2O2/c1-6-16-13(2)14(3,4)11-17(5)12-15(18)7-9-19-10-8-15/h13,16,18H,6-12H2,1-5H3. The third-order valence-electron chi connectivity index (χ3n) is 4.35. The number of hydrogen-bond donors (Lipinski definition) is 2. The number of rotatable bonds is 7. The average Bonchev–Trinajstić information content (AvgIpc) is 2.28. The van der Waals surface area contributed by atoms with E-state index in [2.05, 4.69) is 45.0 Å². The summed E-state index contributed by atoms with van der Waals surface area (Å²) in [5.41, 5.74) is -0.378. The van der Waals surface area contributed by atoms with Crippen LogP contribution in [0.1, 0.15) is 40.5 Å². The Kier molecular flexibility index (Phi) is 6.24. The quantitative estimate of drug-likeness (QED) is 0.737. The van der Waals surface area contributed by atoms with Gasteiger partial charge in [-0.1, -0.05) is 20.8 Å². The molecule has 0 spiro atoms. The lowest BCUT2D eigenvalue weighted by Gasteiger charge is -2.40. The SMILES string of the molecule is CCNC(C)C(C)(C)CN(C)CC1(O)CCOCC1. The lowest BCUT2D eigenvalue weighted by Crippen LogP contribution is -2.51. The van der Waals surface area contributed by atoms with E-state index >= 15 is 0 Å². The largest absolute Gasteiger partial charge is 0.388 e. The summed E-state index contributed by atoms with van der Waals surface area (Å²) in [6.45, 7) is 13.0. The predicted octanol–water partition coefficient (Wildman–Crippen LogP) is 1.48. The zero-order valence-corrected chi connectivity index (χ0v) is 13.3. The molecule has 1 saturated heterocycles. The minimum Gasteiger partial charge on any atom is -0.388 e. The summed E-state index contributed by atoms with van der Waals surface area (Å²) in [7, 11) is 2.11. The van der Waals surface area contributed by atoms with Gasteiger partial charge in [-0.2, -0.15) is 0 Å².